The van der Waals surface area contributed by atoms with Crippen molar-refractivity contribution in [2.24, 2.45) is 0 Å². The van der Waals surface area contributed by atoms with Crippen LogP contribution in [-0.4, -0.2) is 35.3 Å². The molecule has 2 aromatic heterocycles. The van der Waals surface area contributed by atoms with E-state index in [9.17, 15) is 14.9 Å². The summed E-state index contributed by atoms with van der Waals surface area (Å²) in [5.74, 6) is 1.45. The number of thiazole rings is 1. The van der Waals surface area contributed by atoms with E-state index in [0.29, 0.717) is 10.8 Å². The Balaban J connectivity index is 0.000000491. The summed E-state index contributed by atoms with van der Waals surface area (Å²) in [5.41, 5.74) is 1.75. The van der Waals surface area contributed by atoms with E-state index < -0.39 is 4.92 Å². The van der Waals surface area contributed by atoms with Crippen molar-refractivity contribution in [3.8, 4) is 11.3 Å². The van der Waals surface area contributed by atoms with Crippen LogP contribution in [0.4, 0.5) is 5.69 Å². The molecular weight excluding hydrogens is 438 g/mol. The highest BCUT2D eigenvalue weighted by Crippen LogP contribution is 2.28. The van der Waals surface area contributed by atoms with Crippen molar-refractivity contribution in [1.82, 2.24) is 9.88 Å². The Kier molecular flexibility index (Phi) is 7.17. The van der Waals surface area contributed by atoms with Gasteiger partial charge in [0.1, 0.15) is 16.5 Å². The van der Waals surface area contributed by atoms with Crippen molar-refractivity contribution in [2.45, 2.75) is 0 Å². The molecule has 4 aromatic rings. The first kappa shape index (κ1) is 22.2. The monoisotopic (exact) mass is 455 g/mol. The lowest BCUT2D eigenvalue weighted by Crippen LogP contribution is -2.06. The summed E-state index contributed by atoms with van der Waals surface area (Å²) < 4.78 is 6.59. The molecule has 31 heavy (non-hydrogen) atoms. The number of nitrogens with zero attached hydrogens (tertiary/aromatic N) is 3. The predicted molar refractivity (Wildman–Crippen MR) is 124 cm³/mol. The Morgan fingerprint density at radius 3 is 2.45 bits per heavy atom. The molecule has 2 aromatic carbocycles. The second-order valence-electron chi connectivity index (χ2n) is 6.57. The zero-order valence-corrected chi connectivity index (χ0v) is 18.3. The average molecular weight is 456 g/mol. The van der Waals surface area contributed by atoms with E-state index in [-0.39, 0.29) is 5.69 Å². The van der Waals surface area contributed by atoms with Gasteiger partial charge in [-0.15, -0.1) is 11.3 Å². The minimum atomic E-state index is -0.407. The third kappa shape index (κ3) is 6.00. The number of carbonyl (C=O) groups is 1. The Morgan fingerprint density at radius 2 is 1.81 bits per heavy atom. The molecule has 0 saturated heterocycles. The van der Waals surface area contributed by atoms with Gasteiger partial charge in [-0.05, 0) is 54.6 Å². The molecule has 0 aliphatic heterocycles. The molecule has 0 spiro atoms. The molecule has 0 N–H and O–H groups in total. The first-order chi connectivity index (χ1) is 14.9. The fourth-order valence-electron chi connectivity index (χ4n) is 2.48. The number of nitro benzene ring substituents is 1. The highest BCUT2D eigenvalue weighted by Gasteiger charge is 2.09. The van der Waals surface area contributed by atoms with Crippen LogP contribution in [-0.2, 0) is 4.79 Å². The number of hydrogen-bond acceptors (Lipinski definition) is 6. The second kappa shape index (κ2) is 10.0. The van der Waals surface area contributed by atoms with Gasteiger partial charge in [-0.3, -0.25) is 14.9 Å². The highest BCUT2D eigenvalue weighted by molar-refractivity contribution is 7.19. The Morgan fingerprint density at radius 1 is 1.10 bits per heavy atom. The Bertz CT molecular complexity index is 1230. The Labute approximate surface area is 187 Å². The number of carbonyl (C=O) groups excluding carboxylic acids is 1. The van der Waals surface area contributed by atoms with Gasteiger partial charge in [-0.2, -0.15) is 0 Å². The summed E-state index contributed by atoms with van der Waals surface area (Å²) in [6, 6.07) is 15.8. The van der Waals surface area contributed by atoms with Gasteiger partial charge in [0.25, 0.3) is 5.69 Å². The molecule has 0 fully saturated rings. The van der Waals surface area contributed by atoms with Crippen molar-refractivity contribution in [2.75, 3.05) is 14.1 Å². The number of amides is 1. The zero-order chi connectivity index (χ0) is 22.4. The number of non-ortho nitro benzene ring substituents is 1. The molecule has 9 heteroatoms. The van der Waals surface area contributed by atoms with Gasteiger partial charge in [0.05, 0.1) is 15.1 Å². The van der Waals surface area contributed by atoms with E-state index in [1.165, 1.54) is 28.4 Å². The van der Waals surface area contributed by atoms with Crippen molar-refractivity contribution in [3.63, 3.8) is 0 Å². The number of furan rings is 1. The van der Waals surface area contributed by atoms with Gasteiger partial charge in [-0.25, -0.2) is 4.98 Å². The lowest BCUT2D eigenvalue weighted by Gasteiger charge is -1.96. The molecule has 4 rings (SSSR count). The van der Waals surface area contributed by atoms with Crippen LogP contribution in [0.5, 0.6) is 0 Å². The summed E-state index contributed by atoms with van der Waals surface area (Å²) in [6.07, 6.45) is 4.41. The standard InChI is InChI=1S/C19H11ClN2O3S.C3H7NO/c20-13-3-1-12(2-4-13)17-9-6-15(25-17)7-10-19-21-16-8-5-14(22(23)24)11-18(16)26-19;1-4(2)3-5/h1-11H;3H,1-2H3. The number of aromatic nitrogens is 1. The van der Waals surface area contributed by atoms with Gasteiger partial charge in [0.2, 0.25) is 6.41 Å². The van der Waals surface area contributed by atoms with Gasteiger partial charge in [0.15, 0.2) is 0 Å². The van der Waals surface area contributed by atoms with Crippen LogP contribution in [0.2, 0.25) is 5.02 Å². The van der Waals surface area contributed by atoms with Crippen molar-refractivity contribution in [1.29, 1.82) is 0 Å². The van der Waals surface area contributed by atoms with E-state index in [2.05, 4.69) is 4.98 Å². The van der Waals surface area contributed by atoms with Crippen LogP contribution in [0.1, 0.15) is 10.8 Å². The molecule has 1 amide bonds. The minimum absolute atomic E-state index is 0.0651. The predicted octanol–water partition coefficient (Wildman–Crippen LogP) is 5.99. The molecule has 0 aliphatic rings. The summed E-state index contributed by atoms with van der Waals surface area (Å²) in [6.45, 7) is 0. The van der Waals surface area contributed by atoms with Crippen LogP contribution in [0.15, 0.2) is 59.0 Å². The van der Waals surface area contributed by atoms with E-state index in [4.69, 9.17) is 16.0 Å². The SMILES string of the molecule is CN(C)C=O.O=[N+]([O-])c1ccc2nc(C=Cc3ccc(-c4ccc(Cl)cc4)o3)sc2c1. The quantitative estimate of drug-likeness (QED) is 0.209. The van der Waals surface area contributed by atoms with Gasteiger partial charge in [0, 0.05) is 36.8 Å². The number of fused-ring (bicyclic) bond motifs is 1. The van der Waals surface area contributed by atoms with Crippen LogP contribution in [0, 0.1) is 10.1 Å². The normalized spacial score (nSPS) is 10.7. The average Bonchev–Trinajstić information content (AvgIpc) is 3.39. The third-order valence-electron chi connectivity index (χ3n) is 3.96. The second-order valence-corrected chi connectivity index (χ2v) is 8.07. The molecule has 0 radical (unpaired) electrons. The van der Waals surface area contributed by atoms with Crippen molar-refractivity contribution in [3.05, 3.63) is 80.5 Å². The fourth-order valence-corrected chi connectivity index (χ4v) is 3.51. The number of benzene rings is 2. The molecule has 0 aliphatic carbocycles. The van der Waals surface area contributed by atoms with Gasteiger partial charge < -0.3 is 9.32 Å². The van der Waals surface area contributed by atoms with Crippen molar-refractivity contribution >= 4 is 57.4 Å². The topological polar surface area (TPSA) is 89.5 Å². The van der Waals surface area contributed by atoms with Crippen LogP contribution >= 0.6 is 22.9 Å². The van der Waals surface area contributed by atoms with Gasteiger partial charge >= 0.3 is 0 Å². The van der Waals surface area contributed by atoms with Crippen molar-refractivity contribution < 1.29 is 14.1 Å². The van der Waals surface area contributed by atoms with E-state index in [1.54, 1.807) is 20.2 Å². The summed E-state index contributed by atoms with van der Waals surface area (Å²) >= 11 is 7.29. The highest BCUT2D eigenvalue weighted by atomic mass is 35.5. The number of rotatable bonds is 5. The van der Waals surface area contributed by atoms with E-state index >= 15 is 0 Å². The van der Waals surface area contributed by atoms with Crippen LogP contribution < -0.4 is 0 Å². The first-order valence-corrected chi connectivity index (χ1v) is 10.3. The molecule has 0 atom stereocenters. The lowest BCUT2D eigenvalue weighted by atomic mass is 10.2. The van der Waals surface area contributed by atoms with E-state index in [0.717, 1.165) is 33.0 Å². The lowest BCUT2D eigenvalue weighted by molar-refractivity contribution is -0.384. The van der Waals surface area contributed by atoms with E-state index in [1.807, 2.05) is 48.6 Å². The number of halogens is 1. The minimum Gasteiger partial charge on any atom is -0.457 e. The Hall–Kier alpha value is -3.49. The maximum Gasteiger partial charge on any atom is 0.270 e. The summed E-state index contributed by atoms with van der Waals surface area (Å²) in [5, 5.41) is 12.3. The summed E-state index contributed by atoms with van der Waals surface area (Å²) in [4.78, 5) is 25.8. The molecular formula is C22H18ClN3O4S. The van der Waals surface area contributed by atoms with Gasteiger partial charge in [-0.1, -0.05) is 11.6 Å². The number of nitro groups is 1. The molecule has 2 heterocycles. The largest absolute Gasteiger partial charge is 0.457 e. The molecule has 0 saturated carbocycles. The first-order valence-electron chi connectivity index (χ1n) is 9.06. The summed E-state index contributed by atoms with van der Waals surface area (Å²) in [7, 11) is 3.38. The van der Waals surface area contributed by atoms with Crippen LogP contribution in [0.25, 0.3) is 33.7 Å². The smallest absolute Gasteiger partial charge is 0.270 e. The maximum absolute atomic E-state index is 10.9. The third-order valence-corrected chi connectivity index (χ3v) is 5.19. The zero-order valence-electron chi connectivity index (χ0n) is 16.7. The molecule has 0 unspecified atom stereocenters. The van der Waals surface area contributed by atoms with Crippen LogP contribution in [0.3, 0.4) is 0 Å². The molecule has 7 nitrogen and oxygen atoms in total. The maximum atomic E-state index is 10.9. The number of hydrogen-bond donors (Lipinski definition) is 0. The molecule has 158 valence electrons. The fraction of sp³-hybridized carbons (Fsp3) is 0.0909. The molecule has 0 bridgehead atoms.